The molecular formula is C14H16F3NO4S. The molecule has 1 aromatic carbocycles. The largest absolute Gasteiger partial charge is 0.481 e. The van der Waals surface area contributed by atoms with Crippen LogP contribution in [0.3, 0.4) is 0 Å². The van der Waals surface area contributed by atoms with Crippen LogP contribution >= 0.6 is 0 Å². The predicted molar refractivity (Wildman–Crippen MR) is 76.2 cm³/mol. The van der Waals surface area contributed by atoms with Crippen LogP contribution in [0.25, 0.3) is 0 Å². The second kappa shape index (κ2) is 6.48. The van der Waals surface area contributed by atoms with Crippen molar-refractivity contribution in [2.75, 3.05) is 18.8 Å². The van der Waals surface area contributed by atoms with E-state index in [1.807, 2.05) is 0 Å². The van der Waals surface area contributed by atoms with Gasteiger partial charge in [0.25, 0.3) is 0 Å². The smallest absolute Gasteiger partial charge is 0.393 e. The first-order valence-corrected chi connectivity index (χ1v) is 8.53. The number of hydrogen-bond donors (Lipinski definition) is 1. The van der Waals surface area contributed by atoms with Crippen LogP contribution in [0.5, 0.6) is 0 Å². The second-order valence-corrected chi connectivity index (χ2v) is 7.55. The molecule has 1 aromatic rings. The molecule has 0 saturated carbocycles. The maximum Gasteiger partial charge on any atom is 0.393 e. The number of nitrogens with zero attached hydrogens (tertiary/aromatic N) is 1. The van der Waals surface area contributed by atoms with Crippen LogP contribution in [0.2, 0.25) is 0 Å². The number of carbonyl (C=O) groups is 1. The Morgan fingerprint density at radius 3 is 2.30 bits per heavy atom. The molecule has 2 rings (SSSR count). The molecule has 2 atom stereocenters. The number of carboxylic acids is 1. The summed E-state index contributed by atoms with van der Waals surface area (Å²) in [5, 5.41) is 8.92. The number of hydrogen-bond acceptors (Lipinski definition) is 3. The van der Waals surface area contributed by atoms with Gasteiger partial charge in [-0.3, -0.25) is 4.79 Å². The van der Waals surface area contributed by atoms with Crippen molar-refractivity contribution in [2.24, 2.45) is 11.8 Å². The summed E-state index contributed by atoms with van der Waals surface area (Å²) in [5.74, 6) is -5.92. The first kappa shape index (κ1) is 17.7. The zero-order chi connectivity index (χ0) is 17.3. The molecule has 9 heteroatoms. The fourth-order valence-corrected chi connectivity index (χ4v) is 4.12. The number of rotatable bonds is 5. The quantitative estimate of drug-likeness (QED) is 0.877. The molecular weight excluding hydrogens is 335 g/mol. The highest BCUT2D eigenvalue weighted by Gasteiger charge is 2.54. The molecule has 0 bridgehead atoms. The normalized spacial score (nSPS) is 23.1. The minimum absolute atomic E-state index is 0.161. The van der Waals surface area contributed by atoms with Gasteiger partial charge in [0.05, 0.1) is 17.6 Å². The third-order valence-electron chi connectivity index (χ3n) is 3.91. The van der Waals surface area contributed by atoms with Crippen molar-refractivity contribution >= 4 is 16.0 Å². The van der Waals surface area contributed by atoms with Crippen molar-refractivity contribution in [1.82, 2.24) is 4.31 Å². The standard InChI is InChI=1S/C14H16F3NO4S/c15-14(16,17)12-9-18(8-11(12)13(19)20)23(21,22)7-6-10-4-2-1-3-5-10/h1-5,11-12H,6-9H2,(H,19,20)/t11-,12-/m1/s1. The van der Waals surface area contributed by atoms with E-state index >= 15 is 0 Å². The fraction of sp³-hybridized carbons (Fsp3) is 0.500. The highest BCUT2D eigenvalue weighted by atomic mass is 32.2. The van der Waals surface area contributed by atoms with E-state index in [1.165, 1.54) is 0 Å². The van der Waals surface area contributed by atoms with E-state index in [1.54, 1.807) is 30.3 Å². The monoisotopic (exact) mass is 351 g/mol. The molecule has 1 N–H and O–H groups in total. The van der Waals surface area contributed by atoms with Gasteiger partial charge in [0.2, 0.25) is 10.0 Å². The number of aryl methyl sites for hydroxylation is 1. The Balaban J connectivity index is 2.10. The average Bonchev–Trinajstić information content (AvgIpc) is 2.93. The minimum Gasteiger partial charge on any atom is -0.481 e. The summed E-state index contributed by atoms with van der Waals surface area (Å²) in [5.41, 5.74) is 0.748. The molecule has 0 spiro atoms. The summed E-state index contributed by atoms with van der Waals surface area (Å²) < 4.78 is 63.8. The van der Waals surface area contributed by atoms with Crippen LogP contribution in [-0.2, 0) is 21.2 Å². The Morgan fingerprint density at radius 1 is 1.22 bits per heavy atom. The van der Waals surface area contributed by atoms with E-state index in [9.17, 15) is 26.4 Å². The molecule has 5 nitrogen and oxygen atoms in total. The number of aliphatic carboxylic acids is 1. The van der Waals surface area contributed by atoms with Crippen molar-refractivity contribution in [3.63, 3.8) is 0 Å². The van der Waals surface area contributed by atoms with E-state index in [2.05, 4.69) is 0 Å². The zero-order valence-electron chi connectivity index (χ0n) is 12.0. The van der Waals surface area contributed by atoms with Crippen molar-refractivity contribution < 1.29 is 31.5 Å². The highest BCUT2D eigenvalue weighted by Crippen LogP contribution is 2.38. The summed E-state index contributed by atoms with van der Waals surface area (Å²) in [6, 6.07) is 8.68. The summed E-state index contributed by atoms with van der Waals surface area (Å²) in [6.07, 6.45) is -4.58. The van der Waals surface area contributed by atoms with Crippen LogP contribution < -0.4 is 0 Å². The van der Waals surface area contributed by atoms with E-state index < -0.39 is 47.1 Å². The van der Waals surface area contributed by atoms with Gasteiger partial charge in [0, 0.05) is 13.1 Å². The van der Waals surface area contributed by atoms with Crippen LogP contribution in [-0.4, -0.2) is 48.8 Å². The van der Waals surface area contributed by atoms with Gasteiger partial charge in [-0.2, -0.15) is 13.2 Å². The van der Waals surface area contributed by atoms with E-state index in [4.69, 9.17) is 5.11 Å². The maximum absolute atomic E-state index is 12.9. The molecule has 1 aliphatic heterocycles. The molecule has 1 aliphatic rings. The Morgan fingerprint density at radius 2 is 1.83 bits per heavy atom. The second-order valence-electron chi connectivity index (χ2n) is 5.46. The average molecular weight is 351 g/mol. The molecule has 1 saturated heterocycles. The van der Waals surface area contributed by atoms with Gasteiger partial charge in [0.1, 0.15) is 0 Å². The number of sulfonamides is 1. The summed E-state index contributed by atoms with van der Waals surface area (Å²) in [4.78, 5) is 11.0. The third-order valence-corrected chi connectivity index (χ3v) is 5.71. The molecule has 128 valence electrons. The number of carboxylic acid groups (broad SMARTS) is 1. The van der Waals surface area contributed by atoms with Crippen molar-refractivity contribution in [2.45, 2.75) is 12.6 Å². The lowest BCUT2D eigenvalue weighted by Crippen LogP contribution is -2.34. The van der Waals surface area contributed by atoms with Crippen LogP contribution in [0.4, 0.5) is 13.2 Å². The summed E-state index contributed by atoms with van der Waals surface area (Å²) in [6.45, 7) is -1.48. The van der Waals surface area contributed by atoms with Crippen molar-refractivity contribution in [3.8, 4) is 0 Å². The first-order valence-electron chi connectivity index (χ1n) is 6.92. The Kier molecular flexibility index (Phi) is 5.00. The molecule has 0 amide bonds. The Bertz CT molecular complexity index is 660. The molecule has 0 aromatic heterocycles. The Labute approximate surface area is 131 Å². The first-order chi connectivity index (χ1) is 10.6. The van der Waals surface area contributed by atoms with Crippen LogP contribution in [0, 0.1) is 11.8 Å². The lowest BCUT2D eigenvalue weighted by Gasteiger charge is -2.18. The van der Waals surface area contributed by atoms with Crippen LogP contribution in [0.15, 0.2) is 30.3 Å². The van der Waals surface area contributed by atoms with Gasteiger partial charge in [-0.05, 0) is 12.0 Å². The minimum atomic E-state index is -4.74. The van der Waals surface area contributed by atoms with Crippen molar-refractivity contribution in [3.05, 3.63) is 35.9 Å². The molecule has 0 unspecified atom stereocenters. The van der Waals surface area contributed by atoms with Gasteiger partial charge >= 0.3 is 12.1 Å². The number of halogens is 3. The van der Waals surface area contributed by atoms with Crippen molar-refractivity contribution in [1.29, 1.82) is 0 Å². The molecule has 0 radical (unpaired) electrons. The summed E-state index contributed by atoms with van der Waals surface area (Å²) >= 11 is 0. The highest BCUT2D eigenvalue weighted by molar-refractivity contribution is 7.89. The maximum atomic E-state index is 12.9. The number of benzene rings is 1. The fourth-order valence-electron chi connectivity index (χ4n) is 2.60. The van der Waals surface area contributed by atoms with Crippen LogP contribution in [0.1, 0.15) is 5.56 Å². The molecule has 1 fully saturated rings. The molecule has 23 heavy (non-hydrogen) atoms. The van der Waals surface area contributed by atoms with Gasteiger partial charge < -0.3 is 5.11 Å². The topological polar surface area (TPSA) is 74.7 Å². The molecule has 1 heterocycles. The third kappa shape index (κ3) is 4.23. The lowest BCUT2D eigenvalue weighted by molar-refractivity contribution is -0.187. The van der Waals surface area contributed by atoms with E-state index in [-0.39, 0.29) is 12.2 Å². The predicted octanol–water partition coefficient (Wildman–Crippen LogP) is 1.75. The van der Waals surface area contributed by atoms with Gasteiger partial charge in [-0.25, -0.2) is 12.7 Å². The van der Waals surface area contributed by atoms with Gasteiger partial charge in [0.15, 0.2) is 0 Å². The van der Waals surface area contributed by atoms with E-state index in [0.29, 0.717) is 4.31 Å². The zero-order valence-corrected chi connectivity index (χ0v) is 12.8. The summed E-state index contributed by atoms with van der Waals surface area (Å²) in [7, 11) is -3.95. The lowest BCUT2D eigenvalue weighted by atomic mass is 9.96. The van der Waals surface area contributed by atoms with Gasteiger partial charge in [-0.1, -0.05) is 30.3 Å². The van der Waals surface area contributed by atoms with E-state index in [0.717, 1.165) is 5.56 Å². The molecule has 0 aliphatic carbocycles. The Hall–Kier alpha value is -1.61. The SMILES string of the molecule is O=C(O)[C@@H]1CN(S(=O)(=O)CCc2ccccc2)C[C@H]1C(F)(F)F. The number of alkyl halides is 3. The van der Waals surface area contributed by atoms with Gasteiger partial charge in [-0.15, -0.1) is 0 Å².